The summed E-state index contributed by atoms with van der Waals surface area (Å²) in [4.78, 5) is 71.1. The molecule has 0 unspecified atom stereocenters. The number of nitrogens with zero attached hydrogens (tertiary/aromatic N) is 3. The molecule has 12 nitrogen and oxygen atoms in total. The number of aromatic nitrogens is 1. The number of carbonyl (C=O) groups is 5. The van der Waals surface area contributed by atoms with Crippen molar-refractivity contribution in [1.29, 1.82) is 0 Å². The lowest BCUT2D eigenvalue weighted by Crippen LogP contribution is -2.35. The Balaban J connectivity index is 0.000000132. The molecule has 0 N–H and O–H groups in total. The lowest BCUT2D eigenvalue weighted by atomic mass is 10.1. The first-order valence-electron chi connectivity index (χ1n) is 13.6. The van der Waals surface area contributed by atoms with E-state index in [-0.39, 0.29) is 61.6 Å². The van der Waals surface area contributed by atoms with E-state index in [9.17, 15) is 28.8 Å². The minimum absolute atomic E-state index is 0. The molecule has 4 amide bonds. The Kier molecular flexibility index (Phi) is 8.67. The maximum atomic E-state index is 12.0. The number of hydrogen-bond donors (Lipinski definition) is 0. The summed E-state index contributed by atoms with van der Waals surface area (Å²) in [6.07, 6.45) is 9.50. The van der Waals surface area contributed by atoms with Gasteiger partial charge in [-0.2, -0.15) is 13.5 Å². The largest absolute Gasteiger partial charge is 0.447 e. The van der Waals surface area contributed by atoms with E-state index in [4.69, 9.17) is 9.15 Å². The van der Waals surface area contributed by atoms with E-state index in [0.717, 1.165) is 15.0 Å². The Bertz CT molecular complexity index is 1760. The van der Waals surface area contributed by atoms with Crippen molar-refractivity contribution >= 4 is 54.5 Å². The van der Waals surface area contributed by atoms with Crippen molar-refractivity contribution in [3.8, 4) is 0 Å². The summed E-state index contributed by atoms with van der Waals surface area (Å²) in [7, 11) is 0. The molecule has 5 aliphatic rings. The topological polar surface area (TPSA) is 145 Å². The van der Waals surface area contributed by atoms with Crippen molar-refractivity contribution in [3.63, 3.8) is 0 Å². The van der Waals surface area contributed by atoms with Crippen LogP contribution in [0.3, 0.4) is 0 Å². The average molecular weight is 618 g/mol. The van der Waals surface area contributed by atoms with E-state index in [1.165, 1.54) is 4.90 Å². The van der Waals surface area contributed by atoms with Crippen molar-refractivity contribution < 1.29 is 37.9 Å². The number of oxazole rings is 1. The molecule has 44 heavy (non-hydrogen) atoms. The van der Waals surface area contributed by atoms with Crippen LogP contribution in [0.25, 0.3) is 11.1 Å². The molecular weight excluding hydrogens is 590 g/mol. The number of para-hydroxylation sites is 2. The summed E-state index contributed by atoms with van der Waals surface area (Å²) in [6.45, 7) is 0.967. The second-order valence-electron chi connectivity index (χ2n) is 10.1. The number of ether oxygens (including phenoxy) is 2. The van der Waals surface area contributed by atoms with Crippen LogP contribution < -0.4 is 5.76 Å². The minimum Gasteiger partial charge on any atom is -0.447 e. The van der Waals surface area contributed by atoms with Gasteiger partial charge in [0.25, 0.3) is 0 Å². The smallest absolute Gasteiger partial charge is 0.426 e. The van der Waals surface area contributed by atoms with Crippen LogP contribution in [0.4, 0.5) is 9.59 Å². The summed E-state index contributed by atoms with van der Waals surface area (Å²) >= 11 is 0. The van der Waals surface area contributed by atoms with Gasteiger partial charge in [0.05, 0.1) is 29.8 Å². The fraction of sp³-hybridized carbons (Fsp3) is 0.226. The summed E-state index contributed by atoms with van der Waals surface area (Å²) < 4.78 is 15.6. The van der Waals surface area contributed by atoms with Crippen LogP contribution in [0.2, 0.25) is 0 Å². The van der Waals surface area contributed by atoms with Gasteiger partial charge in [-0.3, -0.25) is 14.4 Å². The number of cyclic esters (lactones) is 2. The van der Waals surface area contributed by atoms with Gasteiger partial charge in [-0.15, -0.1) is 0 Å². The van der Waals surface area contributed by atoms with Gasteiger partial charge in [-0.25, -0.2) is 28.8 Å². The predicted octanol–water partition coefficient (Wildman–Crippen LogP) is 3.58. The van der Waals surface area contributed by atoms with E-state index in [1.54, 1.807) is 60.7 Å². The minimum atomic E-state index is -0.616. The zero-order valence-electron chi connectivity index (χ0n) is 23.1. The fourth-order valence-electron chi connectivity index (χ4n) is 4.50. The number of imide groups is 2. The molecule has 1 atom stereocenters. The molecule has 3 heterocycles. The van der Waals surface area contributed by atoms with Crippen LogP contribution in [0.15, 0.2) is 100 Å². The monoisotopic (exact) mass is 617 g/mol. The van der Waals surface area contributed by atoms with Crippen LogP contribution >= 0.6 is 13.5 Å². The number of allylic oxidation sites excluding steroid dienone is 2. The van der Waals surface area contributed by atoms with Crippen LogP contribution in [-0.4, -0.2) is 64.0 Å². The third-order valence-corrected chi connectivity index (χ3v) is 7.04. The van der Waals surface area contributed by atoms with Gasteiger partial charge in [0.2, 0.25) is 17.7 Å². The van der Waals surface area contributed by atoms with Gasteiger partial charge in [0.1, 0.15) is 19.3 Å². The number of hydrogen-bond acceptors (Lipinski definition) is 9. The highest BCUT2D eigenvalue weighted by molar-refractivity contribution is 7.59. The zero-order valence-corrected chi connectivity index (χ0v) is 24.1. The summed E-state index contributed by atoms with van der Waals surface area (Å²) in [6, 6.07) is 16.1. The number of rotatable bonds is 4. The van der Waals surface area contributed by atoms with Crippen LogP contribution in [0, 0.1) is 17.8 Å². The quantitative estimate of drug-likeness (QED) is 0.401. The van der Waals surface area contributed by atoms with Gasteiger partial charge in [0.15, 0.2) is 5.58 Å². The molecule has 2 aliphatic heterocycles. The molecule has 0 radical (unpaired) electrons. The maximum Gasteiger partial charge on any atom is 0.426 e. The summed E-state index contributed by atoms with van der Waals surface area (Å²) in [5, 5.41) is 0. The fourth-order valence-corrected chi connectivity index (χ4v) is 4.50. The van der Waals surface area contributed by atoms with Gasteiger partial charge in [-0.05, 0) is 17.7 Å². The van der Waals surface area contributed by atoms with Crippen molar-refractivity contribution in [1.82, 2.24) is 14.4 Å². The third-order valence-electron chi connectivity index (χ3n) is 7.04. The molecule has 226 valence electrons. The standard InChI is InChI=1S/C13H11NO3.C11H7NO3.C7H7NO3.H2S/c15-12(10-6-7-10)14-11(8-17-13(14)16)9-4-2-1-3-5-9;13-10(7-5-6-7)12-8-3-1-2-4-9(8)15-11(12)14;9-6(5-1-2-5)8-3-4-11-7(8)10;/h1-7,10-11H,8H2;1-7H;1-2,5H,3-4H2;1H2/t11-;;;/m1.../s1. The third kappa shape index (κ3) is 6.42. The Labute approximate surface area is 257 Å². The molecule has 1 aromatic heterocycles. The predicted molar refractivity (Wildman–Crippen MR) is 160 cm³/mol. The molecule has 2 saturated heterocycles. The van der Waals surface area contributed by atoms with E-state index >= 15 is 0 Å². The number of fused-ring (bicyclic) bond motifs is 1. The molecule has 0 spiro atoms. The highest BCUT2D eigenvalue weighted by Crippen LogP contribution is 2.32. The highest BCUT2D eigenvalue weighted by Gasteiger charge is 2.42. The lowest BCUT2D eigenvalue weighted by Gasteiger charge is -2.19. The maximum absolute atomic E-state index is 12.0. The van der Waals surface area contributed by atoms with E-state index in [0.29, 0.717) is 24.3 Å². The Morgan fingerprint density at radius 2 is 1.27 bits per heavy atom. The van der Waals surface area contributed by atoms with E-state index in [2.05, 4.69) is 4.74 Å². The van der Waals surface area contributed by atoms with Crippen molar-refractivity contribution in [3.05, 3.63) is 107 Å². The van der Waals surface area contributed by atoms with Crippen LogP contribution in [-0.2, 0) is 19.1 Å². The van der Waals surface area contributed by atoms with Crippen molar-refractivity contribution in [2.75, 3.05) is 19.8 Å². The second kappa shape index (κ2) is 12.6. The molecule has 0 saturated carbocycles. The molecule has 0 bridgehead atoms. The van der Waals surface area contributed by atoms with Crippen LogP contribution in [0.1, 0.15) is 16.4 Å². The molecular formula is C31H27N3O9S. The molecule has 2 aromatic carbocycles. The first-order chi connectivity index (χ1) is 20.8. The van der Waals surface area contributed by atoms with E-state index in [1.807, 2.05) is 30.3 Å². The number of carbonyl (C=O) groups excluding carboxylic acids is 5. The second-order valence-corrected chi connectivity index (χ2v) is 10.1. The highest BCUT2D eigenvalue weighted by atomic mass is 32.1. The normalized spacial score (nSPS) is 19.3. The van der Waals surface area contributed by atoms with Gasteiger partial charge >= 0.3 is 17.9 Å². The Morgan fingerprint density at radius 3 is 1.89 bits per heavy atom. The molecule has 3 aromatic rings. The Morgan fingerprint density at radius 1 is 0.682 bits per heavy atom. The SMILES string of the molecule is O=C(C1C=C1)n1c(=O)oc2ccccc21.O=C1OCCN1C(=O)C1C=C1.O=C1OC[C@H](c2ccccc2)N1C(=O)C1C=C1.S. The van der Waals surface area contributed by atoms with Crippen molar-refractivity contribution in [2.24, 2.45) is 17.8 Å². The van der Waals surface area contributed by atoms with Gasteiger partial charge in [-0.1, -0.05) is 78.9 Å². The van der Waals surface area contributed by atoms with Gasteiger partial charge in [0, 0.05) is 0 Å². The average Bonchev–Trinajstić information content (AvgIpc) is 3.91. The van der Waals surface area contributed by atoms with Gasteiger partial charge < -0.3 is 13.9 Å². The molecule has 3 aliphatic carbocycles. The van der Waals surface area contributed by atoms with Crippen molar-refractivity contribution in [2.45, 2.75) is 6.04 Å². The van der Waals surface area contributed by atoms with Crippen LogP contribution in [0.5, 0.6) is 0 Å². The number of amides is 4. The van der Waals surface area contributed by atoms with E-state index < -0.39 is 17.9 Å². The number of benzene rings is 2. The molecule has 13 heteroatoms. The Hall–Kier alpha value is -5.17. The molecule has 8 rings (SSSR count). The summed E-state index contributed by atoms with van der Waals surface area (Å²) in [5.74, 6) is -1.80. The zero-order chi connectivity index (χ0) is 30.1. The summed E-state index contributed by atoms with van der Waals surface area (Å²) in [5.41, 5.74) is 1.89. The first kappa shape index (κ1) is 30.3. The lowest BCUT2D eigenvalue weighted by molar-refractivity contribution is -0.130. The molecule has 2 fully saturated rings. The first-order valence-corrected chi connectivity index (χ1v) is 13.6.